The summed E-state index contributed by atoms with van der Waals surface area (Å²) in [7, 11) is 0. The number of anilines is 1. The lowest BCUT2D eigenvalue weighted by atomic mass is 10.3. The second-order valence-electron chi connectivity index (χ2n) is 3.03. The number of carboxylic acid groups (broad SMARTS) is 1. The Bertz CT molecular complexity index is 392. The number of pyridine rings is 1. The normalized spacial score (nSPS) is 20.1. The first kappa shape index (κ1) is 9.45. The summed E-state index contributed by atoms with van der Waals surface area (Å²) >= 11 is 0. The number of aliphatic carboxylic acids is 1. The van der Waals surface area contributed by atoms with Crippen LogP contribution in [-0.4, -0.2) is 34.8 Å². The zero-order valence-electron chi connectivity index (χ0n) is 7.66. The van der Waals surface area contributed by atoms with Gasteiger partial charge in [0.2, 0.25) is 6.10 Å². The van der Waals surface area contributed by atoms with Gasteiger partial charge in [0.15, 0.2) is 0 Å². The average molecular weight is 208 g/mol. The second kappa shape index (κ2) is 3.56. The van der Waals surface area contributed by atoms with Crippen LogP contribution in [0.5, 0.6) is 0 Å². The summed E-state index contributed by atoms with van der Waals surface area (Å²) in [4.78, 5) is 27.0. The van der Waals surface area contributed by atoms with Gasteiger partial charge in [-0.15, -0.1) is 0 Å². The van der Waals surface area contributed by atoms with Crippen LogP contribution >= 0.6 is 0 Å². The smallest absolute Gasteiger partial charge is 0.415 e. The van der Waals surface area contributed by atoms with Crippen molar-refractivity contribution in [3.8, 4) is 0 Å². The summed E-state index contributed by atoms with van der Waals surface area (Å²) < 4.78 is 4.65. The van der Waals surface area contributed by atoms with Crippen LogP contribution in [0.4, 0.5) is 10.5 Å². The third kappa shape index (κ3) is 1.74. The summed E-state index contributed by atoms with van der Waals surface area (Å²) in [5.74, 6) is -1.14. The molecule has 0 unspecified atom stereocenters. The van der Waals surface area contributed by atoms with E-state index in [1.807, 2.05) is 0 Å². The SMILES string of the molecule is O=C(O)[C@H]1CN(c2cccnc2)C(=O)O1. The highest BCUT2D eigenvalue weighted by Gasteiger charge is 2.36. The van der Waals surface area contributed by atoms with Gasteiger partial charge in [-0.2, -0.15) is 0 Å². The fourth-order valence-corrected chi connectivity index (χ4v) is 1.32. The number of hydrogen-bond donors (Lipinski definition) is 1. The number of amides is 1. The second-order valence-corrected chi connectivity index (χ2v) is 3.03. The molecule has 1 aliphatic rings. The molecule has 1 amide bonds. The molecule has 0 bridgehead atoms. The first-order valence-corrected chi connectivity index (χ1v) is 4.29. The van der Waals surface area contributed by atoms with E-state index in [-0.39, 0.29) is 6.54 Å². The Hall–Kier alpha value is -2.11. The van der Waals surface area contributed by atoms with E-state index in [0.29, 0.717) is 5.69 Å². The fraction of sp³-hybridized carbons (Fsp3) is 0.222. The Balaban J connectivity index is 2.19. The van der Waals surface area contributed by atoms with E-state index < -0.39 is 18.2 Å². The van der Waals surface area contributed by atoms with Gasteiger partial charge in [0.25, 0.3) is 0 Å². The van der Waals surface area contributed by atoms with Crippen LogP contribution in [0.1, 0.15) is 0 Å². The van der Waals surface area contributed by atoms with Crippen LogP contribution in [0.25, 0.3) is 0 Å². The molecule has 15 heavy (non-hydrogen) atoms. The molecule has 1 fully saturated rings. The molecule has 2 rings (SSSR count). The van der Waals surface area contributed by atoms with E-state index in [1.165, 1.54) is 11.1 Å². The van der Waals surface area contributed by atoms with Gasteiger partial charge in [-0.3, -0.25) is 9.88 Å². The van der Waals surface area contributed by atoms with E-state index in [1.54, 1.807) is 18.3 Å². The van der Waals surface area contributed by atoms with Crippen LogP contribution < -0.4 is 4.90 Å². The van der Waals surface area contributed by atoms with Gasteiger partial charge in [0.05, 0.1) is 18.4 Å². The molecule has 1 N–H and O–H groups in total. The standard InChI is InChI=1S/C9H8N2O4/c12-8(13)7-5-11(9(14)15-7)6-2-1-3-10-4-6/h1-4,7H,5H2,(H,12,13)/t7-/m1/s1. The molecule has 6 nitrogen and oxygen atoms in total. The number of cyclic esters (lactones) is 1. The number of hydrogen-bond acceptors (Lipinski definition) is 4. The van der Waals surface area contributed by atoms with Crippen LogP contribution in [0.2, 0.25) is 0 Å². The molecule has 1 saturated heterocycles. The minimum atomic E-state index is -1.14. The molecule has 1 aliphatic heterocycles. The van der Waals surface area contributed by atoms with Crippen molar-refractivity contribution in [3.63, 3.8) is 0 Å². The summed E-state index contributed by atoms with van der Waals surface area (Å²) in [6.45, 7) is 0.0137. The third-order valence-corrected chi connectivity index (χ3v) is 2.04. The molecular formula is C9H8N2O4. The van der Waals surface area contributed by atoms with Gasteiger partial charge in [-0.05, 0) is 12.1 Å². The van der Waals surface area contributed by atoms with Crippen molar-refractivity contribution in [1.82, 2.24) is 4.98 Å². The third-order valence-electron chi connectivity index (χ3n) is 2.04. The van der Waals surface area contributed by atoms with Gasteiger partial charge in [-0.25, -0.2) is 9.59 Å². The largest absolute Gasteiger partial charge is 0.478 e. The molecule has 1 aromatic heterocycles. The quantitative estimate of drug-likeness (QED) is 0.765. The Morgan fingerprint density at radius 3 is 3.00 bits per heavy atom. The molecule has 0 aliphatic carbocycles. The van der Waals surface area contributed by atoms with Crippen molar-refractivity contribution in [3.05, 3.63) is 24.5 Å². The number of aromatic nitrogens is 1. The van der Waals surface area contributed by atoms with Gasteiger partial charge >= 0.3 is 12.1 Å². The van der Waals surface area contributed by atoms with Gasteiger partial charge in [0, 0.05) is 6.20 Å². The lowest BCUT2D eigenvalue weighted by molar-refractivity contribution is -0.144. The molecular weight excluding hydrogens is 200 g/mol. The summed E-state index contributed by atoms with van der Waals surface area (Å²) in [6, 6.07) is 3.33. The minimum Gasteiger partial charge on any atom is -0.478 e. The van der Waals surface area contributed by atoms with E-state index in [0.717, 1.165) is 0 Å². The van der Waals surface area contributed by atoms with Crippen molar-refractivity contribution in [2.24, 2.45) is 0 Å². The average Bonchev–Trinajstić information content (AvgIpc) is 2.62. The Morgan fingerprint density at radius 1 is 1.67 bits per heavy atom. The predicted molar refractivity (Wildman–Crippen MR) is 49.5 cm³/mol. The number of nitrogens with zero attached hydrogens (tertiary/aromatic N) is 2. The summed E-state index contributed by atoms with van der Waals surface area (Å²) in [6.07, 6.45) is 1.29. The van der Waals surface area contributed by atoms with Gasteiger partial charge in [0.1, 0.15) is 0 Å². The van der Waals surface area contributed by atoms with Crippen molar-refractivity contribution in [2.45, 2.75) is 6.10 Å². The van der Waals surface area contributed by atoms with Crippen LogP contribution in [0.15, 0.2) is 24.5 Å². The molecule has 2 heterocycles. The van der Waals surface area contributed by atoms with Crippen molar-refractivity contribution in [1.29, 1.82) is 0 Å². The van der Waals surface area contributed by atoms with E-state index in [4.69, 9.17) is 5.11 Å². The number of carbonyl (C=O) groups is 2. The maximum Gasteiger partial charge on any atom is 0.415 e. The van der Waals surface area contributed by atoms with Crippen LogP contribution in [0, 0.1) is 0 Å². The molecule has 6 heteroatoms. The molecule has 1 aromatic rings. The highest BCUT2D eigenvalue weighted by atomic mass is 16.6. The Labute approximate surface area is 85.1 Å². The zero-order valence-corrected chi connectivity index (χ0v) is 7.66. The monoisotopic (exact) mass is 208 g/mol. The summed E-state index contributed by atoms with van der Waals surface area (Å²) in [5, 5.41) is 8.68. The van der Waals surface area contributed by atoms with Crippen molar-refractivity contribution >= 4 is 17.7 Å². The maximum absolute atomic E-state index is 11.3. The first-order valence-electron chi connectivity index (χ1n) is 4.29. The molecule has 0 saturated carbocycles. The molecule has 1 atom stereocenters. The molecule has 0 aromatic carbocycles. The highest BCUT2D eigenvalue weighted by Crippen LogP contribution is 2.20. The Kier molecular flexibility index (Phi) is 2.24. The topological polar surface area (TPSA) is 79.7 Å². The number of carboxylic acids is 1. The maximum atomic E-state index is 11.3. The van der Waals surface area contributed by atoms with E-state index in [9.17, 15) is 9.59 Å². The summed E-state index contributed by atoms with van der Waals surface area (Å²) in [5.41, 5.74) is 0.534. The number of rotatable bonds is 2. The lowest BCUT2D eigenvalue weighted by Gasteiger charge is -2.10. The van der Waals surface area contributed by atoms with Crippen LogP contribution in [-0.2, 0) is 9.53 Å². The molecule has 78 valence electrons. The predicted octanol–water partition coefficient (Wildman–Crippen LogP) is 0.491. The number of ether oxygens (including phenoxy) is 1. The number of carbonyl (C=O) groups excluding carboxylic acids is 1. The minimum absolute atomic E-state index is 0.0137. The van der Waals surface area contributed by atoms with Gasteiger partial charge < -0.3 is 9.84 Å². The Morgan fingerprint density at radius 2 is 2.47 bits per heavy atom. The van der Waals surface area contributed by atoms with E-state index >= 15 is 0 Å². The lowest BCUT2D eigenvalue weighted by Crippen LogP contribution is -2.27. The van der Waals surface area contributed by atoms with Crippen molar-refractivity contribution in [2.75, 3.05) is 11.4 Å². The van der Waals surface area contributed by atoms with Gasteiger partial charge in [-0.1, -0.05) is 0 Å². The van der Waals surface area contributed by atoms with E-state index in [2.05, 4.69) is 9.72 Å². The molecule has 0 spiro atoms. The first-order chi connectivity index (χ1) is 7.18. The van der Waals surface area contributed by atoms with Crippen molar-refractivity contribution < 1.29 is 19.4 Å². The zero-order chi connectivity index (χ0) is 10.8. The van der Waals surface area contributed by atoms with Crippen LogP contribution in [0.3, 0.4) is 0 Å². The highest BCUT2D eigenvalue weighted by molar-refractivity contribution is 5.93. The molecule has 0 radical (unpaired) electrons. The fourth-order valence-electron chi connectivity index (χ4n) is 1.32.